The standard InChI is InChI=1S/C16H26N8O3/c1-23(11(26)3-5-17)9-2-4-16(27,10(25)6-9)7-24-8-20-12-13(18)21-15(19)22-14(12)24/h8-10,25,27H,2-7,17H2,1H3,(H4,18,19,21,22)/t9-,10+,16+/m0/s1. The van der Waals surface area contributed by atoms with Crippen molar-refractivity contribution in [2.24, 2.45) is 5.73 Å². The minimum atomic E-state index is -1.38. The highest BCUT2D eigenvalue weighted by Crippen LogP contribution is 2.33. The first kappa shape index (κ1) is 19.3. The number of amides is 1. The average Bonchev–Trinajstić information content (AvgIpc) is 3.00. The Morgan fingerprint density at radius 2 is 2.19 bits per heavy atom. The molecule has 1 fully saturated rings. The quantitative estimate of drug-likeness (QED) is 0.411. The molecule has 0 aliphatic heterocycles. The van der Waals surface area contributed by atoms with Crippen LogP contribution in [0.1, 0.15) is 25.7 Å². The molecule has 11 nitrogen and oxygen atoms in total. The molecule has 0 saturated heterocycles. The van der Waals surface area contributed by atoms with Gasteiger partial charge in [0.2, 0.25) is 11.9 Å². The molecule has 27 heavy (non-hydrogen) atoms. The monoisotopic (exact) mass is 378 g/mol. The molecular formula is C16H26N8O3. The second-order valence-electron chi connectivity index (χ2n) is 7.10. The molecule has 0 spiro atoms. The number of nitrogens with two attached hydrogens (primary N) is 3. The van der Waals surface area contributed by atoms with E-state index in [1.165, 1.54) is 6.33 Å². The van der Waals surface area contributed by atoms with E-state index < -0.39 is 11.7 Å². The van der Waals surface area contributed by atoms with E-state index >= 15 is 0 Å². The van der Waals surface area contributed by atoms with E-state index in [2.05, 4.69) is 15.0 Å². The predicted molar refractivity (Wildman–Crippen MR) is 99.2 cm³/mol. The van der Waals surface area contributed by atoms with E-state index in [4.69, 9.17) is 17.2 Å². The maximum Gasteiger partial charge on any atom is 0.224 e. The fourth-order valence-corrected chi connectivity index (χ4v) is 3.61. The molecule has 1 aliphatic carbocycles. The molecule has 8 N–H and O–H groups in total. The Bertz CT molecular complexity index is 840. The number of imidazole rings is 1. The molecule has 1 aliphatic rings. The van der Waals surface area contributed by atoms with Crippen LogP contribution in [-0.4, -0.2) is 71.9 Å². The van der Waals surface area contributed by atoms with Crippen molar-refractivity contribution in [3.63, 3.8) is 0 Å². The highest BCUT2D eigenvalue weighted by molar-refractivity contribution is 5.82. The minimum Gasteiger partial charge on any atom is -0.390 e. The lowest BCUT2D eigenvalue weighted by molar-refractivity contribution is -0.143. The fraction of sp³-hybridized carbons (Fsp3) is 0.625. The zero-order chi connectivity index (χ0) is 19.8. The molecule has 3 atom stereocenters. The number of aliphatic hydroxyl groups is 2. The summed E-state index contributed by atoms with van der Waals surface area (Å²) in [6.07, 6.45) is 1.88. The van der Waals surface area contributed by atoms with Crippen molar-refractivity contribution < 1.29 is 15.0 Å². The summed E-state index contributed by atoms with van der Waals surface area (Å²) in [7, 11) is 1.70. The van der Waals surface area contributed by atoms with Gasteiger partial charge in [-0.25, -0.2) is 4.98 Å². The summed E-state index contributed by atoms with van der Waals surface area (Å²) in [6.45, 7) is 0.359. The molecule has 0 unspecified atom stereocenters. The van der Waals surface area contributed by atoms with E-state index in [0.29, 0.717) is 24.0 Å². The summed E-state index contributed by atoms with van der Waals surface area (Å²) in [4.78, 5) is 25.8. The number of aromatic nitrogens is 4. The van der Waals surface area contributed by atoms with Crippen molar-refractivity contribution >= 4 is 28.8 Å². The van der Waals surface area contributed by atoms with Gasteiger partial charge in [-0.1, -0.05) is 0 Å². The number of hydrogen-bond acceptors (Lipinski definition) is 9. The summed E-state index contributed by atoms with van der Waals surface area (Å²) in [5, 5.41) is 21.6. The third-order valence-electron chi connectivity index (χ3n) is 5.28. The van der Waals surface area contributed by atoms with Crippen molar-refractivity contribution in [3.8, 4) is 0 Å². The van der Waals surface area contributed by atoms with Crippen LogP contribution in [-0.2, 0) is 11.3 Å². The highest BCUT2D eigenvalue weighted by Gasteiger charge is 2.43. The molecule has 3 rings (SSSR count). The van der Waals surface area contributed by atoms with Gasteiger partial charge < -0.3 is 36.9 Å². The molecule has 0 bridgehead atoms. The number of nitrogen functional groups attached to an aromatic ring is 2. The summed E-state index contributed by atoms with van der Waals surface area (Å²) in [5.41, 5.74) is 16.3. The van der Waals surface area contributed by atoms with Gasteiger partial charge in [-0.3, -0.25) is 4.79 Å². The van der Waals surface area contributed by atoms with Crippen molar-refractivity contribution in [1.29, 1.82) is 0 Å². The Balaban J connectivity index is 1.76. The van der Waals surface area contributed by atoms with E-state index in [0.717, 1.165) is 0 Å². The van der Waals surface area contributed by atoms with Gasteiger partial charge in [0.15, 0.2) is 11.5 Å². The summed E-state index contributed by atoms with van der Waals surface area (Å²) in [6, 6.07) is -0.146. The Hall–Kier alpha value is -2.50. The maximum absolute atomic E-state index is 12.0. The molecule has 1 saturated carbocycles. The van der Waals surface area contributed by atoms with Gasteiger partial charge in [0.25, 0.3) is 0 Å². The molecule has 0 radical (unpaired) electrons. The largest absolute Gasteiger partial charge is 0.390 e. The summed E-state index contributed by atoms with van der Waals surface area (Å²) >= 11 is 0. The third kappa shape index (κ3) is 3.66. The van der Waals surface area contributed by atoms with Gasteiger partial charge in [-0.05, 0) is 19.3 Å². The van der Waals surface area contributed by atoms with Crippen LogP contribution < -0.4 is 17.2 Å². The van der Waals surface area contributed by atoms with Crippen molar-refractivity contribution in [1.82, 2.24) is 24.4 Å². The zero-order valence-corrected chi connectivity index (χ0v) is 15.2. The van der Waals surface area contributed by atoms with Crippen LogP contribution in [0, 0.1) is 0 Å². The van der Waals surface area contributed by atoms with Crippen LogP contribution in [0.5, 0.6) is 0 Å². The molecule has 11 heteroatoms. The van der Waals surface area contributed by atoms with Crippen molar-refractivity contribution in [2.75, 3.05) is 25.1 Å². The molecule has 0 aromatic carbocycles. The first-order chi connectivity index (χ1) is 12.7. The van der Waals surface area contributed by atoms with E-state index in [1.807, 2.05) is 0 Å². The fourth-order valence-electron chi connectivity index (χ4n) is 3.61. The number of hydrogen-bond donors (Lipinski definition) is 5. The molecule has 2 heterocycles. The number of carbonyl (C=O) groups excluding carboxylic acids is 1. The summed E-state index contributed by atoms with van der Waals surface area (Å²) in [5.74, 6) is 0.106. The number of fused-ring (bicyclic) bond motifs is 1. The topological polar surface area (TPSA) is 182 Å². The second-order valence-corrected chi connectivity index (χ2v) is 7.10. The maximum atomic E-state index is 12.0. The number of rotatable bonds is 5. The smallest absolute Gasteiger partial charge is 0.224 e. The lowest BCUT2D eigenvalue weighted by Gasteiger charge is -2.43. The molecule has 148 valence electrons. The van der Waals surface area contributed by atoms with E-state index in [1.54, 1.807) is 16.5 Å². The normalized spacial score (nSPS) is 25.6. The Kier molecular flexibility index (Phi) is 5.18. The number of nitrogens with zero attached hydrogens (tertiary/aromatic N) is 5. The number of aliphatic hydroxyl groups excluding tert-OH is 1. The van der Waals surface area contributed by atoms with Crippen LogP contribution >= 0.6 is 0 Å². The van der Waals surface area contributed by atoms with Crippen molar-refractivity contribution in [3.05, 3.63) is 6.33 Å². The third-order valence-corrected chi connectivity index (χ3v) is 5.28. The summed E-state index contributed by atoms with van der Waals surface area (Å²) < 4.78 is 1.61. The molecule has 2 aromatic rings. The van der Waals surface area contributed by atoms with Gasteiger partial charge in [-0.2, -0.15) is 9.97 Å². The first-order valence-corrected chi connectivity index (χ1v) is 8.85. The molecule has 1 amide bonds. The van der Waals surface area contributed by atoms with Crippen molar-refractivity contribution in [2.45, 2.75) is 50.0 Å². The van der Waals surface area contributed by atoms with E-state index in [-0.39, 0.29) is 49.6 Å². The predicted octanol–water partition coefficient (Wildman–Crippen LogP) is -1.56. The van der Waals surface area contributed by atoms with Crippen LogP contribution in [0.3, 0.4) is 0 Å². The lowest BCUT2D eigenvalue weighted by atomic mass is 9.79. The molecule has 2 aromatic heterocycles. The van der Waals surface area contributed by atoms with Gasteiger partial charge in [0, 0.05) is 26.1 Å². The van der Waals surface area contributed by atoms with Gasteiger partial charge in [0.1, 0.15) is 11.1 Å². The minimum absolute atomic E-state index is 0.0121. The SMILES string of the molecule is CN(C(=O)CCN)[C@H]1CC[C@@](O)(Cn2cnc3c(N)nc(N)nc32)[C@H](O)C1. The first-order valence-electron chi connectivity index (χ1n) is 8.85. The van der Waals surface area contributed by atoms with Gasteiger partial charge >= 0.3 is 0 Å². The Morgan fingerprint density at radius 1 is 1.44 bits per heavy atom. The van der Waals surface area contributed by atoms with Crippen LogP contribution in [0.25, 0.3) is 11.2 Å². The Labute approximate surface area is 156 Å². The van der Waals surface area contributed by atoms with E-state index in [9.17, 15) is 15.0 Å². The zero-order valence-electron chi connectivity index (χ0n) is 15.2. The number of anilines is 2. The average molecular weight is 378 g/mol. The molecular weight excluding hydrogens is 352 g/mol. The highest BCUT2D eigenvalue weighted by atomic mass is 16.3. The number of carbonyl (C=O) groups is 1. The van der Waals surface area contributed by atoms with Crippen LogP contribution in [0.4, 0.5) is 11.8 Å². The van der Waals surface area contributed by atoms with Crippen LogP contribution in [0.2, 0.25) is 0 Å². The second kappa shape index (κ2) is 7.25. The van der Waals surface area contributed by atoms with Gasteiger partial charge in [0.05, 0.1) is 19.0 Å². The van der Waals surface area contributed by atoms with Gasteiger partial charge in [-0.15, -0.1) is 0 Å². The van der Waals surface area contributed by atoms with Crippen LogP contribution in [0.15, 0.2) is 6.33 Å². The lowest BCUT2D eigenvalue weighted by Crippen LogP contribution is -2.54. The Morgan fingerprint density at radius 3 is 2.85 bits per heavy atom.